The van der Waals surface area contributed by atoms with Gasteiger partial charge in [-0.15, -0.1) is 0 Å². The maximum Gasteiger partial charge on any atom is 0.424 e. The zero-order valence-corrected chi connectivity index (χ0v) is 17.0. The van der Waals surface area contributed by atoms with E-state index < -0.39 is 45.3 Å². The Morgan fingerprint density at radius 3 is 2.48 bits per heavy atom. The predicted octanol–water partition coefficient (Wildman–Crippen LogP) is 2.49. The Morgan fingerprint density at radius 1 is 1.44 bits per heavy atom. The molecule has 0 aliphatic carbocycles. The molecule has 0 spiro atoms. The summed E-state index contributed by atoms with van der Waals surface area (Å²) >= 11 is 6.04. The van der Waals surface area contributed by atoms with Crippen molar-refractivity contribution in [1.82, 2.24) is 9.71 Å². The summed E-state index contributed by atoms with van der Waals surface area (Å²) in [6.45, 7) is 5.95. The standard InChI is InChI=1S/C16H23ClF3N3O3S/c1-5-14(23-27(25)13(2,3)4)8-26-11-9(14)6-10(22-12(11)17)15(24,7-21)16(18,19)20/h6,23-24H,5,7-8,21H2,1-4H3/t14?,15?,27-/m0/s1. The average Bonchev–Trinajstić information content (AvgIpc) is 2.91. The summed E-state index contributed by atoms with van der Waals surface area (Å²) in [5.41, 5.74) is 0.329. The van der Waals surface area contributed by atoms with Gasteiger partial charge in [-0.05, 0) is 33.3 Å². The van der Waals surface area contributed by atoms with E-state index in [2.05, 4.69) is 9.71 Å². The summed E-state index contributed by atoms with van der Waals surface area (Å²) < 4.78 is 60.7. The number of ether oxygens (including phenoxy) is 1. The molecular weight excluding hydrogens is 407 g/mol. The monoisotopic (exact) mass is 429 g/mol. The molecule has 0 saturated heterocycles. The van der Waals surface area contributed by atoms with E-state index >= 15 is 0 Å². The van der Waals surface area contributed by atoms with E-state index in [9.17, 15) is 22.5 Å². The summed E-state index contributed by atoms with van der Waals surface area (Å²) in [4.78, 5) is 3.67. The molecule has 1 aromatic rings. The molecule has 2 heterocycles. The maximum absolute atomic E-state index is 13.4. The third-order valence-corrected chi connectivity index (χ3v) is 6.49. The van der Waals surface area contributed by atoms with Crippen molar-refractivity contribution < 1.29 is 27.2 Å². The van der Waals surface area contributed by atoms with Crippen LogP contribution in [0.5, 0.6) is 5.75 Å². The lowest BCUT2D eigenvalue weighted by atomic mass is 9.88. The molecular formula is C16H23ClF3N3O3S. The molecule has 11 heteroatoms. The largest absolute Gasteiger partial charge is 0.488 e. The summed E-state index contributed by atoms with van der Waals surface area (Å²) in [5.74, 6) is 0.0993. The lowest BCUT2D eigenvalue weighted by Gasteiger charge is -2.33. The van der Waals surface area contributed by atoms with E-state index in [1.54, 1.807) is 27.7 Å². The SMILES string of the molecule is CCC1(N[S@@](=O)C(C)(C)C)COc2c1cc(C(O)(CN)C(F)(F)F)nc2Cl. The molecule has 1 aliphatic rings. The number of nitrogens with zero attached hydrogens (tertiary/aromatic N) is 1. The highest BCUT2D eigenvalue weighted by atomic mass is 35.5. The highest BCUT2D eigenvalue weighted by Crippen LogP contribution is 2.47. The number of aromatic nitrogens is 1. The second-order valence-electron chi connectivity index (χ2n) is 7.44. The summed E-state index contributed by atoms with van der Waals surface area (Å²) in [7, 11) is -1.53. The highest BCUT2D eigenvalue weighted by molar-refractivity contribution is 7.84. The van der Waals surface area contributed by atoms with Crippen molar-refractivity contribution in [1.29, 1.82) is 0 Å². The van der Waals surface area contributed by atoms with E-state index in [0.29, 0.717) is 6.42 Å². The zero-order valence-electron chi connectivity index (χ0n) is 15.4. The average molecular weight is 430 g/mol. The van der Waals surface area contributed by atoms with Crippen molar-refractivity contribution in [2.75, 3.05) is 13.2 Å². The third-order valence-electron chi connectivity index (χ3n) is 4.55. The fourth-order valence-corrected chi connectivity index (χ4v) is 3.85. The molecule has 27 heavy (non-hydrogen) atoms. The van der Waals surface area contributed by atoms with Gasteiger partial charge in [-0.2, -0.15) is 13.2 Å². The van der Waals surface area contributed by atoms with Gasteiger partial charge in [-0.25, -0.2) is 13.9 Å². The van der Waals surface area contributed by atoms with Crippen LogP contribution in [0, 0.1) is 0 Å². The fourth-order valence-electron chi connectivity index (χ4n) is 2.63. The van der Waals surface area contributed by atoms with Gasteiger partial charge in [0.1, 0.15) is 6.61 Å². The Hall–Kier alpha value is -0.940. The van der Waals surface area contributed by atoms with Gasteiger partial charge in [-0.1, -0.05) is 18.5 Å². The number of fused-ring (bicyclic) bond motifs is 1. The first kappa shape index (κ1) is 22.4. The minimum Gasteiger partial charge on any atom is -0.488 e. The van der Waals surface area contributed by atoms with Gasteiger partial charge < -0.3 is 15.6 Å². The van der Waals surface area contributed by atoms with Crippen LogP contribution < -0.4 is 15.2 Å². The Morgan fingerprint density at radius 2 is 2.04 bits per heavy atom. The Labute approximate surface area is 163 Å². The second kappa shape index (κ2) is 7.14. The van der Waals surface area contributed by atoms with Gasteiger partial charge in [0.15, 0.2) is 10.9 Å². The van der Waals surface area contributed by atoms with Crippen LogP contribution in [0.1, 0.15) is 45.4 Å². The Kier molecular flexibility index (Phi) is 5.91. The van der Waals surface area contributed by atoms with E-state index in [1.807, 2.05) is 0 Å². The molecule has 0 saturated carbocycles. The molecule has 0 bridgehead atoms. The number of pyridine rings is 1. The molecule has 4 N–H and O–H groups in total. The molecule has 1 aliphatic heterocycles. The summed E-state index contributed by atoms with van der Waals surface area (Å²) in [5, 5.41) is 9.82. The van der Waals surface area contributed by atoms with Crippen molar-refractivity contribution in [2.45, 2.75) is 56.2 Å². The molecule has 0 fully saturated rings. The van der Waals surface area contributed by atoms with Gasteiger partial charge in [0, 0.05) is 12.1 Å². The van der Waals surface area contributed by atoms with Crippen molar-refractivity contribution >= 4 is 22.6 Å². The minimum absolute atomic E-state index is 0.0125. The Bertz CT molecular complexity index is 757. The smallest absolute Gasteiger partial charge is 0.424 e. The molecule has 3 atom stereocenters. The first-order chi connectivity index (χ1) is 12.2. The number of hydrogen-bond acceptors (Lipinski definition) is 5. The van der Waals surface area contributed by atoms with Crippen LogP contribution in [-0.4, -0.2) is 38.4 Å². The topological polar surface area (TPSA) is 97.5 Å². The van der Waals surface area contributed by atoms with Gasteiger partial charge in [0.05, 0.1) is 27.0 Å². The van der Waals surface area contributed by atoms with E-state index in [4.69, 9.17) is 22.1 Å². The molecule has 0 amide bonds. The molecule has 6 nitrogen and oxygen atoms in total. The number of rotatable bonds is 5. The zero-order chi connectivity index (χ0) is 20.8. The molecule has 0 aromatic carbocycles. The van der Waals surface area contributed by atoms with E-state index in [0.717, 1.165) is 6.07 Å². The van der Waals surface area contributed by atoms with Gasteiger partial charge in [-0.3, -0.25) is 0 Å². The first-order valence-electron chi connectivity index (χ1n) is 8.25. The highest BCUT2D eigenvalue weighted by Gasteiger charge is 2.56. The lowest BCUT2D eigenvalue weighted by molar-refractivity contribution is -0.263. The van der Waals surface area contributed by atoms with E-state index in [-0.39, 0.29) is 23.1 Å². The molecule has 1 aromatic heterocycles. The van der Waals surface area contributed by atoms with Crippen LogP contribution >= 0.6 is 11.6 Å². The fraction of sp³-hybridized carbons (Fsp3) is 0.688. The quantitative estimate of drug-likeness (QED) is 0.625. The number of nitrogens with two attached hydrogens (primary N) is 1. The number of aliphatic hydroxyl groups is 1. The maximum atomic E-state index is 13.4. The van der Waals surface area contributed by atoms with Crippen LogP contribution in [0.4, 0.5) is 13.2 Å². The van der Waals surface area contributed by atoms with Gasteiger partial charge >= 0.3 is 6.18 Å². The van der Waals surface area contributed by atoms with Crippen molar-refractivity contribution in [3.63, 3.8) is 0 Å². The molecule has 0 radical (unpaired) electrons. The van der Waals surface area contributed by atoms with Gasteiger partial charge in [0.25, 0.3) is 0 Å². The number of hydrogen-bond donors (Lipinski definition) is 3. The normalized spacial score (nSPS) is 23.5. The van der Waals surface area contributed by atoms with Crippen molar-refractivity contribution in [2.24, 2.45) is 5.73 Å². The predicted molar refractivity (Wildman–Crippen MR) is 96.7 cm³/mol. The van der Waals surface area contributed by atoms with Gasteiger partial charge in [0.2, 0.25) is 5.60 Å². The molecule has 2 unspecified atom stereocenters. The number of nitrogens with one attached hydrogen (secondary N) is 1. The van der Waals surface area contributed by atoms with Crippen LogP contribution in [0.2, 0.25) is 5.15 Å². The number of alkyl halides is 3. The third kappa shape index (κ3) is 3.82. The summed E-state index contributed by atoms with van der Waals surface area (Å²) in [6.07, 6.45) is -4.70. The van der Waals surface area contributed by atoms with Crippen molar-refractivity contribution in [3.8, 4) is 5.75 Å². The first-order valence-corrected chi connectivity index (χ1v) is 9.78. The van der Waals surface area contributed by atoms with E-state index in [1.165, 1.54) is 0 Å². The Balaban J connectivity index is 2.62. The minimum atomic E-state index is -5.05. The van der Waals surface area contributed by atoms with Crippen LogP contribution in [-0.2, 0) is 22.1 Å². The summed E-state index contributed by atoms with van der Waals surface area (Å²) in [6, 6.07) is 1.07. The lowest BCUT2D eigenvalue weighted by Crippen LogP contribution is -2.50. The van der Waals surface area contributed by atoms with Crippen molar-refractivity contribution in [3.05, 3.63) is 22.5 Å². The van der Waals surface area contributed by atoms with Crippen LogP contribution in [0.3, 0.4) is 0 Å². The number of halogens is 4. The molecule has 2 rings (SSSR count). The molecule has 154 valence electrons. The second-order valence-corrected chi connectivity index (χ2v) is 9.77. The van der Waals surface area contributed by atoms with Crippen LogP contribution in [0.15, 0.2) is 6.07 Å². The van der Waals surface area contributed by atoms with Crippen LogP contribution in [0.25, 0.3) is 0 Å².